The molecule has 5 heteroatoms. The molecular formula is C28H28N4O. The SMILES string of the molecule is CC1=C(C(=O)Nc2ccccc2C)C(c2ccc(C(C)C)cc2)n2c(nc3ccccc32)N1. The van der Waals surface area contributed by atoms with Crippen LogP contribution in [0.25, 0.3) is 11.0 Å². The fourth-order valence-electron chi connectivity index (χ4n) is 4.54. The van der Waals surface area contributed by atoms with Gasteiger partial charge in [-0.15, -0.1) is 0 Å². The van der Waals surface area contributed by atoms with Gasteiger partial charge < -0.3 is 10.6 Å². The van der Waals surface area contributed by atoms with Gasteiger partial charge in [-0.05, 0) is 54.7 Å². The summed E-state index contributed by atoms with van der Waals surface area (Å²) in [7, 11) is 0. The van der Waals surface area contributed by atoms with Gasteiger partial charge in [-0.25, -0.2) is 4.98 Å². The first kappa shape index (κ1) is 21.0. The van der Waals surface area contributed by atoms with Crippen LogP contribution in [0.15, 0.2) is 84.1 Å². The average Bonchev–Trinajstić information content (AvgIpc) is 3.17. The predicted molar refractivity (Wildman–Crippen MR) is 135 cm³/mol. The maximum Gasteiger partial charge on any atom is 0.255 e. The van der Waals surface area contributed by atoms with Crippen LogP contribution in [0.5, 0.6) is 0 Å². The van der Waals surface area contributed by atoms with E-state index in [1.165, 1.54) is 5.56 Å². The van der Waals surface area contributed by atoms with Crippen LogP contribution in [0.4, 0.5) is 11.6 Å². The van der Waals surface area contributed by atoms with Crippen molar-refractivity contribution >= 4 is 28.6 Å². The van der Waals surface area contributed by atoms with Crippen molar-refractivity contribution in [3.05, 3.63) is 101 Å². The van der Waals surface area contributed by atoms with Crippen molar-refractivity contribution in [2.45, 2.75) is 39.7 Å². The van der Waals surface area contributed by atoms with Gasteiger partial charge in [-0.2, -0.15) is 0 Å². The number of hydrogen-bond acceptors (Lipinski definition) is 3. The summed E-state index contributed by atoms with van der Waals surface area (Å²) < 4.78 is 2.14. The Balaban J connectivity index is 1.66. The number of hydrogen-bond donors (Lipinski definition) is 2. The zero-order valence-electron chi connectivity index (χ0n) is 19.4. The lowest BCUT2D eigenvalue weighted by atomic mass is 9.92. The minimum atomic E-state index is -0.293. The molecule has 1 atom stereocenters. The van der Waals surface area contributed by atoms with Crippen LogP contribution in [-0.4, -0.2) is 15.5 Å². The van der Waals surface area contributed by atoms with E-state index in [-0.39, 0.29) is 11.9 Å². The van der Waals surface area contributed by atoms with Crippen molar-refractivity contribution in [1.29, 1.82) is 0 Å². The van der Waals surface area contributed by atoms with Crippen LogP contribution >= 0.6 is 0 Å². The fraction of sp³-hybridized carbons (Fsp3) is 0.214. The van der Waals surface area contributed by atoms with Gasteiger partial charge in [0.1, 0.15) is 0 Å². The van der Waals surface area contributed by atoms with E-state index in [4.69, 9.17) is 4.98 Å². The summed E-state index contributed by atoms with van der Waals surface area (Å²) in [6.07, 6.45) is 0. The van der Waals surface area contributed by atoms with Gasteiger partial charge in [-0.3, -0.25) is 9.36 Å². The zero-order valence-corrected chi connectivity index (χ0v) is 19.4. The smallest absolute Gasteiger partial charge is 0.255 e. The summed E-state index contributed by atoms with van der Waals surface area (Å²) in [5.74, 6) is 1.08. The Morgan fingerprint density at radius 3 is 2.39 bits per heavy atom. The molecule has 1 aromatic heterocycles. The molecule has 5 nitrogen and oxygen atoms in total. The monoisotopic (exact) mass is 436 g/mol. The number of nitrogens with zero attached hydrogens (tertiary/aromatic N) is 2. The number of benzene rings is 3. The zero-order chi connectivity index (χ0) is 23.1. The number of anilines is 2. The number of carbonyl (C=O) groups is 1. The normalized spacial score (nSPS) is 15.5. The molecule has 1 unspecified atom stereocenters. The van der Waals surface area contributed by atoms with Crippen molar-refractivity contribution in [1.82, 2.24) is 9.55 Å². The van der Waals surface area contributed by atoms with Gasteiger partial charge in [0.15, 0.2) is 0 Å². The van der Waals surface area contributed by atoms with Crippen molar-refractivity contribution in [3.63, 3.8) is 0 Å². The van der Waals surface area contributed by atoms with E-state index < -0.39 is 0 Å². The number of aryl methyl sites for hydroxylation is 1. The van der Waals surface area contributed by atoms with E-state index in [1.54, 1.807) is 0 Å². The highest BCUT2D eigenvalue weighted by Crippen LogP contribution is 2.39. The van der Waals surface area contributed by atoms with Gasteiger partial charge in [0.05, 0.1) is 22.6 Å². The number of allylic oxidation sites excluding steroid dienone is 1. The highest BCUT2D eigenvalue weighted by Gasteiger charge is 2.34. The quantitative estimate of drug-likeness (QED) is 0.389. The molecule has 0 spiro atoms. The van der Waals surface area contributed by atoms with Gasteiger partial charge in [0.2, 0.25) is 5.95 Å². The molecule has 2 N–H and O–H groups in total. The summed E-state index contributed by atoms with van der Waals surface area (Å²) in [5, 5.41) is 6.52. The topological polar surface area (TPSA) is 59.0 Å². The second-order valence-electron chi connectivity index (χ2n) is 8.95. The molecule has 0 saturated carbocycles. The predicted octanol–water partition coefficient (Wildman–Crippen LogP) is 6.40. The molecule has 1 aliphatic rings. The summed E-state index contributed by atoms with van der Waals surface area (Å²) in [5.41, 5.74) is 7.56. The first-order valence-electron chi connectivity index (χ1n) is 11.4. The minimum absolute atomic E-state index is 0.115. The molecule has 33 heavy (non-hydrogen) atoms. The van der Waals surface area contributed by atoms with Gasteiger partial charge >= 0.3 is 0 Å². The number of carbonyl (C=O) groups excluding carboxylic acids is 1. The molecule has 1 amide bonds. The van der Waals surface area contributed by atoms with E-state index in [9.17, 15) is 4.79 Å². The Labute approximate surface area is 194 Å². The van der Waals surface area contributed by atoms with Gasteiger partial charge in [-0.1, -0.05) is 68.4 Å². The highest BCUT2D eigenvalue weighted by molar-refractivity contribution is 6.06. The summed E-state index contributed by atoms with van der Waals surface area (Å²) in [4.78, 5) is 18.5. The maximum absolute atomic E-state index is 13.7. The lowest BCUT2D eigenvalue weighted by Crippen LogP contribution is -2.31. The van der Waals surface area contributed by atoms with Crippen molar-refractivity contribution in [2.75, 3.05) is 10.6 Å². The third-order valence-electron chi connectivity index (χ3n) is 6.39. The third kappa shape index (κ3) is 3.69. The molecule has 3 aromatic carbocycles. The standard InChI is InChI=1S/C28H28N4O/c1-17(2)20-13-15-21(16-14-20)26-25(27(33)30-22-10-6-5-9-18(22)3)19(4)29-28-31-23-11-7-8-12-24(23)32(26)28/h5-17,26H,1-4H3,(H,29,31)(H,30,33). The van der Waals surface area contributed by atoms with Crippen LogP contribution < -0.4 is 10.6 Å². The number of rotatable bonds is 4. The number of imidazole rings is 1. The number of amides is 1. The van der Waals surface area contributed by atoms with E-state index in [0.717, 1.165) is 39.5 Å². The first-order valence-corrected chi connectivity index (χ1v) is 11.4. The van der Waals surface area contributed by atoms with E-state index in [1.807, 2.05) is 56.3 Å². The number of nitrogens with one attached hydrogen (secondary N) is 2. The van der Waals surface area contributed by atoms with Crippen molar-refractivity contribution < 1.29 is 4.79 Å². The Kier molecular flexibility index (Phi) is 5.25. The van der Waals surface area contributed by atoms with Crippen LogP contribution in [-0.2, 0) is 4.79 Å². The molecule has 1 aliphatic heterocycles. The van der Waals surface area contributed by atoms with Crippen LogP contribution in [0.2, 0.25) is 0 Å². The lowest BCUT2D eigenvalue weighted by Gasteiger charge is -2.31. The third-order valence-corrected chi connectivity index (χ3v) is 6.39. The lowest BCUT2D eigenvalue weighted by molar-refractivity contribution is -0.113. The minimum Gasteiger partial charge on any atom is -0.329 e. The molecule has 5 rings (SSSR count). The molecule has 0 radical (unpaired) electrons. The van der Waals surface area contributed by atoms with Crippen molar-refractivity contribution in [2.24, 2.45) is 0 Å². The van der Waals surface area contributed by atoms with Crippen LogP contribution in [0.3, 0.4) is 0 Å². The Hall–Kier alpha value is -3.86. The molecule has 0 bridgehead atoms. The number of fused-ring (bicyclic) bond motifs is 3. The van der Waals surface area contributed by atoms with Crippen LogP contribution in [0, 0.1) is 6.92 Å². The van der Waals surface area contributed by atoms with Gasteiger partial charge in [0.25, 0.3) is 5.91 Å². The maximum atomic E-state index is 13.7. The van der Waals surface area contributed by atoms with Gasteiger partial charge in [0, 0.05) is 11.4 Å². The summed E-state index contributed by atoms with van der Waals surface area (Å²) >= 11 is 0. The van der Waals surface area contributed by atoms with Crippen molar-refractivity contribution in [3.8, 4) is 0 Å². The second-order valence-corrected chi connectivity index (χ2v) is 8.95. The Morgan fingerprint density at radius 2 is 1.67 bits per heavy atom. The molecule has 0 aliphatic carbocycles. The van der Waals surface area contributed by atoms with E-state index in [0.29, 0.717) is 11.5 Å². The fourth-order valence-corrected chi connectivity index (χ4v) is 4.54. The molecule has 0 saturated heterocycles. The molecule has 0 fully saturated rings. The first-order chi connectivity index (χ1) is 15.9. The number of aromatic nitrogens is 2. The highest BCUT2D eigenvalue weighted by atomic mass is 16.1. The summed E-state index contributed by atoms with van der Waals surface area (Å²) in [6, 6.07) is 24.2. The molecular weight excluding hydrogens is 408 g/mol. The van der Waals surface area contributed by atoms with Crippen LogP contribution in [0.1, 0.15) is 49.4 Å². The largest absolute Gasteiger partial charge is 0.329 e. The average molecular weight is 437 g/mol. The number of para-hydroxylation sites is 3. The molecule has 4 aromatic rings. The Morgan fingerprint density at radius 1 is 0.970 bits per heavy atom. The Bertz CT molecular complexity index is 1380. The summed E-state index contributed by atoms with van der Waals surface area (Å²) in [6.45, 7) is 8.32. The van der Waals surface area contributed by atoms with E-state index >= 15 is 0 Å². The second kappa shape index (κ2) is 8.24. The molecule has 2 heterocycles. The van der Waals surface area contributed by atoms with E-state index in [2.05, 4.69) is 59.4 Å². The molecule has 166 valence electrons.